The normalized spacial score (nSPS) is 25.8. The van der Waals surface area contributed by atoms with Crippen LogP contribution in [0.1, 0.15) is 40.0 Å². The second kappa shape index (κ2) is 6.18. The van der Waals surface area contributed by atoms with Crippen molar-refractivity contribution < 1.29 is 14.7 Å². The largest absolute Gasteiger partial charge is 0.479 e. The molecule has 0 bridgehead atoms. The maximum absolute atomic E-state index is 11.7. The van der Waals surface area contributed by atoms with Crippen molar-refractivity contribution in [2.45, 2.75) is 51.6 Å². The molecule has 1 atom stereocenters. The molecule has 1 unspecified atom stereocenters. The Balaban J connectivity index is 2.99. The molecule has 1 N–H and O–H groups in total. The standard InChI is InChI=1S/C13H24N2O3/c1-4-14-8-5-6-13(7-9-14,12(17)18)15(10-16)11(2)3/h10-11H,4-9H2,1-3H3,(H,17,18). The van der Waals surface area contributed by atoms with E-state index in [1.807, 2.05) is 13.8 Å². The highest BCUT2D eigenvalue weighted by molar-refractivity contribution is 5.81. The van der Waals surface area contributed by atoms with Gasteiger partial charge in [-0.15, -0.1) is 0 Å². The molecule has 5 heteroatoms. The van der Waals surface area contributed by atoms with Gasteiger partial charge in [0, 0.05) is 12.6 Å². The minimum Gasteiger partial charge on any atom is -0.479 e. The minimum absolute atomic E-state index is 0.0909. The zero-order chi connectivity index (χ0) is 13.8. The van der Waals surface area contributed by atoms with E-state index in [9.17, 15) is 14.7 Å². The number of amides is 1. The maximum Gasteiger partial charge on any atom is 0.329 e. The fourth-order valence-corrected chi connectivity index (χ4v) is 2.79. The quantitative estimate of drug-likeness (QED) is 0.750. The number of carbonyl (C=O) groups excluding carboxylic acids is 1. The molecule has 0 spiro atoms. The van der Waals surface area contributed by atoms with Crippen molar-refractivity contribution in [3.05, 3.63) is 0 Å². The zero-order valence-corrected chi connectivity index (χ0v) is 11.6. The van der Waals surface area contributed by atoms with Gasteiger partial charge >= 0.3 is 5.97 Å². The number of hydrogen-bond acceptors (Lipinski definition) is 3. The fraction of sp³-hybridized carbons (Fsp3) is 0.846. The summed E-state index contributed by atoms with van der Waals surface area (Å²) in [5.41, 5.74) is -1.03. The molecule has 0 saturated carbocycles. The van der Waals surface area contributed by atoms with E-state index in [4.69, 9.17) is 0 Å². The summed E-state index contributed by atoms with van der Waals surface area (Å²) in [6, 6.07) is -0.0909. The average molecular weight is 256 g/mol. The SMILES string of the molecule is CCN1CCCC(C(=O)O)(N(C=O)C(C)C)CC1. The first-order chi connectivity index (χ1) is 8.47. The zero-order valence-electron chi connectivity index (χ0n) is 11.6. The lowest BCUT2D eigenvalue weighted by Gasteiger charge is -2.40. The lowest BCUT2D eigenvalue weighted by atomic mass is 9.88. The predicted octanol–water partition coefficient (Wildman–Crippen LogP) is 1.18. The van der Waals surface area contributed by atoms with Gasteiger partial charge in [-0.25, -0.2) is 4.79 Å². The summed E-state index contributed by atoms with van der Waals surface area (Å²) in [5, 5.41) is 9.60. The van der Waals surface area contributed by atoms with E-state index < -0.39 is 11.5 Å². The molecule has 104 valence electrons. The molecule has 1 saturated heterocycles. The van der Waals surface area contributed by atoms with Crippen molar-refractivity contribution in [3.8, 4) is 0 Å². The van der Waals surface area contributed by atoms with E-state index in [1.165, 1.54) is 4.90 Å². The number of carbonyl (C=O) groups is 2. The van der Waals surface area contributed by atoms with Crippen LogP contribution in [0.25, 0.3) is 0 Å². The van der Waals surface area contributed by atoms with Gasteiger partial charge in [-0.1, -0.05) is 6.92 Å². The number of nitrogens with zero attached hydrogens (tertiary/aromatic N) is 2. The number of rotatable bonds is 5. The first kappa shape index (κ1) is 15.0. The summed E-state index contributed by atoms with van der Waals surface area (Å²) in [7, 11) is 0. The van der Waals surface area contributed by atoms with Gasteiger partial charge < -0.3 is 14.9 Å². The van der Waals surface area contributed by atoms with Crippen LogP contribution in [0.4, 0.5) is 0 Å². The summed E-state index contributed by atoms with van der Waals surface area (Å²) in [4.78, 5) is 26.7. The second-order valence-corrected chi connectivity index (χ2v) is 5.23. The van der Waals surface area contributed by atoms with Crippen LogP contribution in [0.15, 0.2) is 0 Å². The van der Waals surface area contributed by atoms with Crippen LogP contribution < -0.4 is 0 Å². The van der Waals surface area contributed by atoms with Gasteiger partial charge in [-0.05, 0) is 46.2 Å². The Kier molecular flexibility index (Phi) is 5.14. The van der Waals surface area contributed by atoms with Gasteiger partial charge in [0.1, 0.15) is 5.54 Å². The summed E-state index contributed by atoms with van der Waals surface area (Å²) >= 11 is 0. The third kappa shape index (κ3) is 2.83. The van der Waals surface area contributed by atoms with Gasteiger partial charge in [0.2, 0.25) is 6.41 Å². The Morgan fingerprint density at radius 2 is 2.11 bits per heavy atom. The second-order valence-electron chi connectivity index (χ2n) is 5.23. The van der Waals surface area contributed by atoms with Gasteiger partial charge in [0.15, 0.2) is 0 Å². The van der Waals surface area contributed by atoms with E-state index >= 15 is 0 Å². The molecule has 0 aromatic rings. The van der Waals surface area contributed by atoms with Crippen LogP contribution in [0, 0.1) is 0 Å². The molecule has 0 aliphatic carbocycles. The molecule has 1 aliphatic heterocycles. The molecule has 1 fully saturated rings. The Morgan fingerprint density at radius 1 is 1.44 bits per heavy atom. The average Bonchev–Trinajstić information content (AvgIpc) is 2.53. The van der Waals surface area contributed by atoms with Crippen LogP contribution >= 0.6 is 0 Å². The van der Waals surface area contributed by atoms with Gasteiger partial charge in [0.05, 0.1) is 0 Å². The molecule has 1 heterocycles. The molecule has 1 amide bonds. The third-order valence-corrected chi connectivity index (χ3v) is 3.92. The van der Waals surface area contributed by atoms with Gasteiger partial charge in [-0.2, -0.15) is 0 Å². The topological polar surface area (TPSA) is 60.9 Å². The number of hydrogen-bond donors (Lipinski definition) is 1. The van der Waals surface area contributed by atoms with Gasteiger partial charge in [0.25, 0.3) is 0 Å². The molecule has 1 aliphatic rings. The molecule has 5 nitrogen and oxygen atoms in total. The van der Waals surface area contributed by atoms with Crippen LogP contribution in [0.5, 0.6) is 0 Å². The van der Waals surface area contributed by atoms with Crippen molar-refractivity contribution >= 4 is 12.4 Å². The first-order valence-electron chi connectivity index (χ1n) is 6.67. The Hall–Kier alpha value is -1.10. The summed E-state index contributed by atoms with van der Waals surface area (Å²) in [5.74, 6) is -0.874. The highest BCUT2D eigenvalue weighted by Crippen LogP contribution is 2.30. The lowest BCUT2D eigenvalue weighted by molar-refractivity contribution is -0.158. The molecular weight excluding hydrogens is 232 g/mol. The smallest absolute Gasteiger partial charge is 0.329 e. The first-order valence-corrected chi connectivity index (χ1v) is 6.67. The highest BCUT2D eigenvalue weighted by Gasteiger charge is 2.45. The van der Waals surface area contributed by atoms with E-state index in [1.54, 1.807) is 0 Å². The molecule has 18 heavy (non-hydrogen) atoms. The van der Waals surface area contributed by atoms with Crippen LogP contribution in [-0.2, 0) is 9.59 Å². The predicted molar refractivity (Wildman–Crippen MR) is 69.4 cm³/mol. The Morgan fingerprint density at radius 3 is 2.56 bits per heavy atom. The van der Waals surface area contributed by atoms with Crippen molar-refractivity contribution in [2.24, 2.45) is 0 Å². The summed E-state index contributed by atoms with van der Waals surface area (Å²) in [6.45, 7) is 8.38. The Bertz CT molecular complexity index is 307. The molecule has 1 rings (SSSR count). The van der Waals surface area contributed by atoms with E-state index in [-0.39, 0.29) is 6.04 Å². The van der Waals surface area contributed by atoms with Crippen molar-refractivity contribution in [3.63, 3.8) is 0 Å². The lowest BCUT2D eigenvalue weighted by Crippen LogP contribution is -2.57. The molecule has 0 aromatic carbocycles. The Labute approximate surface area is 109 Å². The van der Waals surface area contributed by atoms with Crippen LogP contribution in [0.3, 0.4) is 0 Å². The summed E-state index contributed by atoms with van der Waals surface area (Å²) in [6.07, 6.45) is 2.56. The number of aliphatic carboxylic acids is 1. The maximum atomic E-state index is 11.7. The minimum atomic E-state index is -1.03. The number of carboxylic acids is 1. The van der Waals surface area contributed by atoms with Crippen molar-refractivity contribution in [1.29, 1.82) is 0 Å². The number of likely N-dealkylation sites (tertiary alicyclic amines) is 1. The molecule has 0 radical (unpaired) electrons. The van der Waals surface area contributed by atoms with Crippen LogP contribution in [0.2, 0.25) is 0 Å². The monoisotopic (exact) mass is 256 g/mol. The van der Waals surface area contributed by atoms with Crippen molar-refractivity contribution in [2.75, 3.05) is 19.6 Å². The molecular formula is C13H24N2O3. The highest BCUT2D eigenvalue weighted by atomic mass is 16.4. The fourth-order valence-electron chi connectivity index (χ4n) is 2.79. The van der Waals surface area contributed by atoms with Crippen molar-refractivity contribution in [1.82, 2.24) is 9.80 Å². The van der Waals surface area contributed by atoms with E-state index in [0.29, 0.717) is 19.3 Å². The summed E-state index contributed by atoms with van der Waals surface area (Å²) < 4.78 is 0. The third-order valence-electron chi connectivity index (χ3n) is 3.92. The number of carboxylic acid groups (broad SMARTS) is 1. The van der Waals surface area contributed by atoms with E-state index in [0.717, 1.165) is 26.1 Å². The van der Waals surface area contributed by atoms with Crippen LogP contribution in [-0.4, -0.2) is 58.5 Å². The van der Waals surface area contributed by atoms with Gasteiger partial charge in [-0.3, -0.25) is 4.79 Å². The van der Waals surface area contributed by atoms with E-state index in [2.05, 4.69) is 11.8 Å². The molecule has 0 aromatic heterocycles.